The second-order valence-corrected chi connectivity index (χ2v) is 3.42. The van der Waals surface area contributed by atoms with Crippen molar-refractivity contribution in [3.8, 4) is 0 Å². The van der Waals surface area contributed by atoms with Crippen LogP contribution in [0.4, 0.5) is 5.69 Å². The minimum absolute atomic E-state index is 0.120. The van der Waals surface area contributed by atoms with E-state index in [2.05, 4.69) is 10.1 Å². The standard InChI is InChI=1S/C10H12N2O2S/c1-6-4-3-5-7(9(13)14-2)8(6)12-10(11)15/h3-5H,1-2H3,(H3,11,12,15). The quantitative estimate of drug-likeness (QED) is 0.588. The number of carbonyl (C=O) groups excluding carboxylic acids is 1. The Morgan fingerprint density at radius 1 is 1.53 bits per heavy atom. The molecule has 0 aromatic heterocycles. The number of nitrogens with two attached hydrogens (primary N) is 1. The summed E-state index contributed by atoms with van der Waals surface area (Å²) in [6, 6.07) is 5.28. The molecular weight excluding hydrogens is 212 g/mol. The molecule has 0 aliphatic heterocycles. The summed E-state index contributed by atoms with van der Waals surface area (Å²) in [6.07, 6.45) is 0. The first-order valence-electron chi connectivity index (χ1n) is 4.30. The van der Waals surface area contributed by atoms with Crippen LogP contribution in [0.25, 0.3) is 0 Å². The second kappa shape index (κ2) is 4.75. The lowest BCUT2D eigenvalue weighted by atomic mass is 10.1. The van der Waals surface area contributed by atoms with Gasteiger partial charge in [0, 0.05) is 0 Å². The topological polar surface area (TPSA) is 64.3 Å². The average molecular weight is 224 g/mol. The van der Waals surface area contributed by atoms with Gasteiger partial charge in [-0.2, -0.15) is 0 Å². The van der Waals surface area contributed by atoms with Crippen LogP contribution in [0.2, 0.25) is 0 Å². The Morgan fingerprint density at radius 2 is 2.20 bits per heavy atom. The van der Waals surface area contributed by atoms with E-state index in [9.17, 15) is 4.79 Å². The highest BCUT2D eigenvalue weighted by atomic mass is 32.1. The van der Waals surface area contributed by atoms with E-state index in [4.69, 9.17) is 18.0 Å². The van der Waals surface area contributed by atoms with E-state index in [1.807, 2.05) is 13.0 Å². The maximum Gasteiger partial charge on any atom is 0.339 e. The van der Waals surface area contributed by atoms with Crippen LogP contribution in [0, 0.1) is 6.92 Å². The number of rotatable bonds is 2. The molecule has 0 saturated carbocycles. The lowest BCUT2D eigenvalue weighted by Crippen LogP contribution is -2.21. The lowest BCUT2D eigenvalue weighted by molar-refractivity contribution is 0.0602. The third kappa shape index (κ3) is 2.66. The zero-order chi connectivity index (χ0) is 11.4. The van der Waals surface area contributed by atoms with Crippen molar-refractivity contribution in [3.05, 3.63) is 29.3 Å². The van der Waals surface area contributed by atoms with Crippen molar-refractivity contribution in [1.82, 2.24) is 0 Å². The van der Waals surface area contributed by atoms with Gasteiger partial charge in [0.1, 0.15) is 0 Å². The van der Waals surface area contributed by atoms with Crippen LogP contribution in [0.5, 0.6) is 0 Å². The summed E-state index contributed by atoms with van der Waals surface area (Å²) in [5, 5.41) is 2.89. The summed E-state index contributed by atoms with van der Waals surface area (Å²) in [5.41, 5.74) is 7.27. The fourth-order valence-electron chi connectivity index (χ4n) is 1.24. The molecule has 4 nitrogen and oxygen atoms in total. The summed E-state index contributed by atoms with van der Waals surface area (Å²) in [6.45, 7) is 1.85. The highest BCUT2D eigenvalue weighted by molar-refractivity contribution is 7.80. The number of para-hydroxylation sites is 1. The van der Waals surface area contributed by atoms with Crippen molar-refractivity contribution in [2.75, 3.05) is 12.4 Å². The number of ether oxygens (including phenoxy) is 1. The van der Waals surface area contributed by atoms with E-state index in [-0.39, 0.29) is 5.11 Å². The van der Waals surface area contributed by atoms with Crippen molar-refractivity contribution in [3.63, 3.8) is 0 Å². The molecule has 0 aliphatic rings. The molecule has 0 spiro atoms. The van der Waals surface area contributed by atoms with Crippen LogP contribution in [0.1, 0.15) is 15.9 Å². The molecule has 0 unspecified atom stereocenters. The summed E-state index contributed by atoms with van der Waals surface area (Å²) in [7, 11) is 1.33. The molecule has 0 heterocycles. The van der Waals surface area contributed by atoms with Crippen molar-refractivity contribution < 1.29 is 9.53 Å². The van der Waals surface area contributed by atoms with Crippen molar-refractivity contribution >= 4 is 29.0 Å². The van der Waals surface area contributed by atoms with Crippen LogP contribution in [-0.4, -0.2) is 18.2 Å². The SMILES string of the molecule is COC(=O)c1cccc(C)c1NC(N)=S. The molecule has 0 aliphatic carbocycles. The molecule has 5 heteroatoms. The van der Waals surface area contributed by atoms with Crippen LogP contribution in [0.3, 0.4) is 0 Å². The number of thiocarbonyl (C=S) groups is 1. The molecule has 0 bridgehead atoms. The normalized spacial score (nSPS) is 9.47. The van der Waals surface area contributed by atoms with Crippen molar-refractivity contribution in [2.45, 2.75) is 6.92 Å². The van der Waals surface area contributed by atoms with Gasteiger partial charge in [-0.25, -0.2) is 4.79 Å². The summed E-state index contributed by atoms with van der Waals surface area (Å²) in [5.74, 6) is -0.419. The van der Waals surface area contributed by atoms with Crippen molar-refractivity contribution in [1.29, 1.82) is 0 Å². The fourth-order valence-corrected chi connectivity index (χ4v) is 1.34. The summed E-state index contributed by atoms with van der Waals surface area (Å²) >= 11 is 4.73. The van der Waals surface area contributed by atoms with E-state index in [0.29, 0.717) is 11.3 Å². The molecule has 0 fully saturated rings. The van der Waals surface area contributed by atoms with Gasteiger partial charge in [0.05, 0.1) is 18.4 Å². The van der Waals surface area contributed by atoms with Crippen molar-refractivity contribution in [2.24, 2.45) is 5.73 Å². The van der Waals surface area contributed by atoms with Crippen LogP contribution >= 0.6 is 12.2 Å². The number of esters is 1. The zero-order valence-corrected chi connectivity index (χ0v) is 9.35. The van der Waals surface area contributed by atoms with Crippen LogP contribution in [0.15, 0.2) is 18.2 Å². The monoisotopic (exact) mass is 224 g/mol. The molecule has 1 rings (SSSR count). The van der Waals surface area contributed by atoms with Gasteiger partial charge in [0.25, 0.3) is 0 Å². The molecule has 15 heavy (non-hydrogen) atoms. The Labute approximate surface area is 93.4 Å². The molecule has 0 amide bonds. The molecule has 0 saturated heterocycles. The number of carbonyl (C=O) groups is 1. The minimum Gasteiger partial charge on any atom is -0.465 e. The third-order valence-electron chi connectivity index (χ3n) is 1.93. The number of hydrogen-bond acceptors (Lipinski definition) is 3. The van der Waals surface area contributed by atoms with Gasteiger partial charge < -0.3 is 15.8 Å². The Bertz CT molecular complexity index is 404. The van der Waals surface area contributed by atoms with E-state index in [0.717, 1.165) is 5.56 Å². The average Bonchev–Trinajstić information content (AvgIpc) is 2.19. The first-order chi connectivity index (χ1) is 7.06. The zero-order valence-electron chi connectivity index (χ0n) is 8.53. The number of benzene rings is 1. The number of nitrogens with one attached hydrogen (secondary N) is 1. The van der Waals surface area contributed by atoms with Gasteiger partial charge in [0.2, 0.25) is 0 Å². The highest BCUT2D eigenvalue weighted by Gasteiger charge is 2.13. The number of aryl methyl sites for hydroxylation is 1. The third-order valence-corrected chi connectivity index (χ3v) is 2.03. The number of anilines is 1. The molecule has 1 aromatic rings. The first-order valence-corrected chi connectivity index (χ1v) is 4.71. The van der Waals surface area contributed by atoms with Gasteiger partial charge >= 0.3 is 5.97 Å². The van der Waals surface area contributed by atoms with Crippen LogP contribution in [-0.2, 0) is 4.74 Å². The van der Waals surface area contributed by atoms with E-state index in [1.54, 1.807) is 12.1 Å². The smallest absolute Gasteiger partial charge is 0.339 e. The Morgan fingerprint density at radius 3 is 2.73 bits per heavy atom. The molecular formula is C10H12N2O2S. The maximum absolute atomic E-state index is 11.4. The number of hydrogen-bond donors (Lipinski definition) is 2. The van der Waals surface area contributed by atoms with E-state index >= 15 is 0 Å². The Hall–Kier alpha value is -1.62. The molecule has 0 atom stereocenters. The van der Waals surface area contributed by atoms with E-state index in [1.165, 1.54) is 7.11 Å². The fraction of sp³-hybridized carbons (Fsp3) is 0.200. The van der Waals surface area contributed by atoms with Gasteiger partial charge in [-0.3, -0.25) is 0 Å². The Balaban J connectivity index is 3.19. The molecule has 3 N–H and O–H groups in total. The maximum atomic E-state index is 11.4. The minimum atomic E-state index is -0.419. The van der Waals surface area contributed by atoms with Gasteiger partial charge in [-0.05, 0) is 30.8 Å². The van der Waals surface area contributed by atoms with Crippen LogP contribution < -0.4 is 11.1 Å². The largest absolute Gasteiger partial charge is 0.465 e. The van der Waals surface area contributed by atoms with Gasteiger partial charge in [0.15, 0.2) is 5.11 Å². The predicted molar refractivity (Wildman–Crippen MR) is 62.9 cm³/mol. The summed E-state index contributed by atoms with van der Waals surface area (Å²) < 4.78 is 4.65. The second-order valence-electron chi connectivity index (χ2n) is 2.98. The van der Waals surface area contributed by atoms with Gasteiger partial charge in [-0.1, -0.05) is 12.1 Å². The number of methoxy groups -OCH3 is 1. The van der Waals surface area contributed by atoms with Gasteiger partial charge in [-0.15, -0.1) is 0 Å². The molecule has 80 valence electrons. The van der Waals surface area contributed by atoms with E-state index < -0.39 is 5.97 Å². The highest BCUT2D eigenvalue weighted by Crippen LogP contribution is 2.20. The Kier molecular flexibility index (Phi) is 3.62. The first kappa shape index (κ1) is 11.5. The summed E-state index contributed by atoms with van der Waals surface area (Å²) in [4.78, 5) is 11.4. The molecule has 1 aromatic carbocycles. The predicted octanol–water partition coefficient (Wildman–Crippen LogP) is 1.44. The molecule has 0 radical (unpaired) electrons. The lowest BCUT2D eigenvalue weighted by Gasteiger charge is -2.11.